The molecule has 14 heavy (non-hydrogen) atoms. The largest absolute Gasteiger partial charge is 0.381 e. The van der Waals surface area contributed by atoms with E-state index in [1.165, 1.54) is 38.6 Å². The number of hydrogen-bond donors (Lipinski definition) is 1. The first kappa shape index (κ1) is 10.4. The van der Waals surface area contributed by atoms with Crippen molar-refractivity contribution in [3.63, 3.8) is 0 Å². The van der Waals surface area contributed by atoms with Crippen LogP contribution in [0.2, 0.25) is 0 Å². The lowest BCUT2D eigenvalue weighted by molar-refractivity contribution is -0.0626. The van der Waals surface area contributed by atoms with E-state index >= 15 is 0 Å². The summed E-state index contributed by atoms with van der Waals surface area (Å²) in [4.78, 5) is 0. The Labute approximate surface area is 87.4 Å². The van der Waals surface area contributed by atoms with E-state index < -0.39 is 0 Å². The third-order valence-electron chi connectivity index (χ3n) is 4.05. The lowest BCUT2D eigenvalue weighted by Crippen LogP contribution is -2.48. The maximum Gasteiger partial charge on any atom is 0.0537 e. The highest BCUT2D eigenvalue weighted by molar-refractivity contribution is 4.93. The highest BCUT2D eigenvalue weighted by Crippen LogP contribution is 2.46. The zero-order valence-electron chi connectivity index (χ0n) is 9.35. The van der Waals surface area contributed by atoms with Crippen LogP contribution < -0.4 is 5.32 Å². The number of nitrogens with one attached hydrogen (secondary N) is 1. The summed E-state index contributed by atoms with van der Waals surface area (Å²) in [7, 11) is 0. The molecule has 1 atom stereocenters. The summed E-state index contributed by atoms with van der Waals surface area (Å²) in [5.41, 5.74) is 0.493. The van der Waals surface area contributed by atoms with Crippen LogP contribution in [0.25, 0.3) is 0 Å². The molecule has 2 rings (SSSR count). The zero-order chi connectivity index (χ0) is 9.86. The van der Waals surface area contributed by atoms with Gasteiger partial charge in [-0.3, -0.25) is 0 Å². The van der Waals surface area contributed by atoms with Crippen molar-refractivity contribution in [3.8, 4) is 0 Å². The van der Waals surface area contributed by atoms with Gasteiger partial charge in [-0.25, -0.2) is 0 Å². The van der Waals surface area contributed by atoms with Gasteiger partial charge in [-0.05, 0) is 38.1 Å². The summed E-state index contributed by atoms with van der Waals surface area (Å²) >= 11 is 0. The first-order valence-electron chi connectivity index (χ1n) is 6.16. The van der Waals surface area contributed by atoms with Crippen LogP contribution in [0.5, 0.6) is 0 Å². The zero-order valence-corrected chi connectivity index (χ0v) is 9.35. The fourth-order valence-corrected chi connectivity index (χ4v) is 2.87. The topological polar surface area (TPSA) is 21.3 Å². The van der Waals surface area contributed by atoms with Gasteiger partial charge in [0, 0.05) is 18.6 Å². The van der Waals surface area contributed by atoms with Gasteiger partial charge in [0.2, 0.25) is 0 Å². The Bertz CT molecular complexity index is 171. The van der Waals surface area contributed by atoms with Crippen molar-refractivity contribution in [2.24, 2.45) is 11.3 Å². The third kappa shape index (κ3) is 1.96. The molecule has 0 bridgehead atoms. The molecule has 2 aliphatic rings. The molecule has 2 heteroatoms. The number of ether oxygens (including phenoxy) is 1. The monoisotopic (exact) mass is 197 g/mol. The van der Waals surface area contributed by atoms with Crippen molar-refractivity contribution in [3.05, 3.63) is 0 Å². The van der Waals surface area contributed by atoms with Gasteiger partial charge in [-0.1, -0.05) is 13.3 Å². The molecule has 1 unspecified atom stereocenters. The first-order valence-corrected chi connectivity index (χ1v) is 6.16. The van der Waals surface area contributed by atoms with Gasteiger partial charge in [-0.15, -0.1) is 0 Å². The molecule has 0 amide bonds. The molecule has 1 aliphatic carbocycles. The Kier molecular flexibility index (Phi) is 3.45. The van der Waals surface area contributed by atoms with E-state index in [0.29, 0.717) is 5.41 Å². The van der Waals surface area contributed by atoms with E-state index in [1.807, 2.05) is 0 Å². The molecule has 0 aromatic carbocycles. The molecule has 82 valence electrons. The van der Waals surface area contributed by atoms with Crippen molar-refractivity contribution >= 4 is 0 Å². The SMILES string of the molecule is CCNCC1(C2CCC2)CCCOC1. The van der Waals surface area contributed by atoms with E-state index in [0.717, 1.165) is 25.7 Å². The average Bonchev–Trinajstić information content (AvgIpc) is 2.14. The molecule has 2 nitrogen and oxygen atoms in total. The molecule has 0 aromatic rings. The third-order valence-corrected chi connectivity index (χ3v) is 4.05. The van der Waals surface area contributed by atoms with Crippen molar-refractivity contribution in [2.45, 2.75) is 39.0 Å². The van der Waals surface area contributed by atoms with Crippen LogP contribution in [0.1, 0.15) is 39.0 Å². The molecule has 0 spiro atoms. The minimum absolute atomic E-state index is 0.493. The van der Waals surface area contributed by atoms with E-state index in [9.17, 15) is 0 Å². The van der Waals surface area contributed by atoms with E-state index in [-0.39, 0.29) is 0 Å². The van der Waals surface area contributed by atoms with Crippen molar-refractivity contribution < 1.29 is 4.74 Å². The summed E-state index contributed by atoms with van der Waals surface area (Å²) < 4.78 is 5.70. The minimum atomic E-state index is 0.493. The summed E-state index contributed by atoms with van der Waals surface area (Å²) in [5.74, 6) is 0.946. The Morgan fingerprint density at radius 2 is 2.21 bits per heavy atom. The molecule has 0 aromatic heterocycles. The molecular formula is C12H23NO. The average molecular weight is 197 g/mol. The minimum Gasteiger partial charge on any atom is -0.381 e. The van der Waals surface area contributed by atoms with Gasteiger partial charge >= 0.3 is 0 Å². The van der Waals surface area contributed by atoms with E-state index in [1.54, 1.807) is 0 Å². The van der Waals surface area contributed by atoms with E-state index in [2.05, 4.69) is 12.2 Å². The number of hydrogen-bond acceptors (Lipinski definition) is 2. The predicted octanol–water partition coefficient (Wildman–Crippen LogP) is 2.19. The van der Waals surface area contributed by atoms with Crippen LogP contribution in [-0.2, 0) is 4.74 Å². The maximum atomic E-state index is 5.70. The molecule has 0 radical (unpaired) electrons. The van der Waals surface area contributed by atoms with Crippen molar-refractivity contribution in [2.75, 3.05) is 26.3 Å². The molecule has 1 heterocycles. The van der Waals surface area contributed by atoms with Gasteiger partial charge in [0.15, 0.2) is 0 Å². The van der Waals surface area contributed by atoms with Crippen LogP contribution >= 0.6 is 0 Å². The summed E-state index contributed by atoms with van der Waals surface area (Å²) in [5, 5.41) is 3.53. The van der Waals surface area contributed by atoms with Gasteiger partial charge in [-0.2, -0.15) is 0 Å². The van der Waals surface area contributed by atoms with Crippen LogP contribution in [0, 0.1) is 11.3 Å². The Morgan fingerprint density at radius 1 is 1.36 bits per heavy atom. The fourth-order valence-electron chi connectivity index (χ4n) is 2.87. The summed E-state index contributed by atoms with van der Waals surface area (Å²) in [6, 6.07) is 0. The molecule has 1 aliphatic heterocycles. The van der Waals surface area contributed by atoms with Gasteiger partial charge in [0.05, 0.1) is 6.61 Å². The standard InChI is InChI=1S/C12H23NO/c1-2-13-9-12(11-5-3-6-11)7-4-8-14-10-12/h11,13H,2-10H2,1H3. The summed E-state index contributed by atoms with van der Waals surface area (Å²) in [6.45, 7) is 6.45. The van der Waals surface area contributed by atoms with Crippen molar-refractivity contribution in [1.82, 2.24) is 5.32 Å². The smallest absolute Gasteiger partial charge is 0.0537 e. The Hall–Kier alpha value is -0.0800. The second-order valence-electron chi connectivity index (χ2n) is 4.93. The van der Waals surface area contributed by atoms with Crippen LogP contribution in [0.15, 0.2) is 0 Å². The fraction of sp³-hybridized carbons (Fsp3) is 1.00. The highest BCUT2D eigenvalue weighted by atomic mass is 16.5. The highest BCUT2D eigenvalue weighted by Gasteiger charge is 2.42. The molecule has 1 saturated carbocycles. The van der Waals surface area contributed by atoms with Crippen molar-refractivity contribution in [1.29, 1.82) is 0 Å². The van der Waals surface area contributed by atoms with Crippen LogP contribution in [0.4, 0.5) is 0 Å². The maximum absolute atomic E-state index is 5.70. The molecule has 1 saturated heterocycles. The lowest BCUT2D eigenvalue weighted by atomic mass is 9.63. The molecule has 1 N–H and O–H groups in total. The van der Waals surface area contributed by atoms with Gasteiger partial charge in [0.1, 0.15) is 0 Å². The summed E-state index contributed by atoms with van der Waals surface area (Å²) in [6.07, 6.45) is 6.97. The second-order valence-corrected chi connectivity index (χ2v) is 4.93. The lowest BCUT2D eigenvalue weighted by Gasteiger charge is -2.47. The molecular weight excluding hydrogens is 174 g/mol. The quantitative estimate of drug-likeness (QED) is 0.746. The second kappa shape index (κ2) is 4.63. The first-order chi connectivity index (χ1) is 6.87. The van der Waals surface area contributed by atoms with Crippen LogP contribution in [-0.4, -0.2) is 26.3 Å². The molecule has 2 fully saturated rings. The number of rotatable bonds is 4. The van der Waals surface area contributed by atoms with Gasteiger partial charge < -0.3 is 10.1 Å². The Morgan fingerprint density at radius 3 is 2.71 bits per heavy atom. The van der Waals surface area contributed by atoms with Gasteiger partial charge in [0.25, 0.3) is 0 Å². The van der Waals surface area contributed by atoms with Crippen LogP contribution in [0.3, 0.4) is 0 Å². The normalized spacial score (nSPS) is 34.1. The predicted molar refractivity (Wildman–Crippen MR) is 58.4 cm³/mol. The Balaban J connectivity index is 1.94. The van der Waals surface area contributed by atoms with E-state index in [4.69, 9.17) is 4.74 Å².